The highest BCUT2D eigenvalue weighted by molar-refractivity contribution is 9.10. The van der Waals surface area contributed by atoms with E-state index < -0.39 is 6.10 Å². The van der Waals surface area contributed by atoms with E-state index in [2.05, 4.69) is 36.2 Å². The highest BCUT2D eigenvalue weighted by atomic mass is 79.9. The van der Waals surface area contributed by atoms with Gasteiger partial charge in [-0.05, 0) is 41.1 Å². The lowest BCUT2D eigenvalue weighted by molar-refractivity contribution is 0.228. The number of hydrogen-bond acceptors (Lipinski definition) is 7. The van der Waals surface area contributed by atoms with Crippen LogP contribution in [-0.2, 0) is 20.0 Å². The van der Waals surface area contributed by atoms with Crippen LogP contribution in [0.4, 0.5) is 10.2 Å². The number of pyridine rings is 1. The summed E-state index contributed by atoms with van der Waals surface area (Å²) in [7, 11) is 1.74. The van der Waals surface area contributed by atoms with Crippen molar-refractivity contribution in [1.82, 2.24) is 29.8 Å². The summed E-state index contributed by atoms with van der Waals surface area (Å²) in [6, 6.07) is 8.21. The van der Waals surface area contributed by atoms with Crippen molar-refractivity contribution in [2.24, 2.45) is 7.05 Å². The Morgan fingerprint density at radius 3 is 2.91 bits per heavy atom. The van der Waals surface area contributed by atoms with Crippen molar-refractivity contribution in [3.8, 4) is 22.9 Å². The summed E-state index contributed by atoms with van der Waals surface area (Å²) >= 11 is 3.38. The van der Waals surface area contributed by atoms with Crippen LogP contribution in [-0.4, -0.2) is 36.4 Å². The van der Waals surface area contributed by atoms with Gasteiger partial charge in [0.05, 0.1) is 18.0 Å². The Kier molecular flexibility index (Phi) is 5.94. The van der Waals surface area contributed by atoms with Crippen LogP contribution in [0, 0.1) is 5.82 Å². The minimum absolute atomic E-state index is 0.268. The second-order valence-electron chi connectivity index (χ2n) is 8.09. The minimum Gasteiger partial charge on any atom is -0.482 e. The standard InChI is InChI=1S/C23H23BrFN7O2/c1-13(34-20-8-14(24)12-27-23(20)26)17-5-4-15(25)9-18(17)22-19(29-31(2)30-22)10-16-11-21-32(28-16)6-3-7-33-21/h4-5,8-9,11-13H,3,6-7,10H2,1-2H3,(H2,26,27)/t13-/m1/s1. The summed E-state index contributed by atoms with van der Waals surface area (Å²) in [6.45, 7) is 3.37. The SMILES string of the molecule is C[C@@H](Oc1cc(Br)cnc1N)c1ccc(F)cc1-c1nn(C)nc1Cc1cc2n(n1)CCCO2. The molecule has 0 spiro atoms. The van der Waals surface area contributed by atoms with Crippen LogP contribution in [0.2, 0.25) is 0 Å². The van der Waals surface area contributed by atoms with Gasteiger partial charge in [0.2, 0.25) is 5.88 Å². The Labute approximate surface area is 203 Å². The number of nitrogens with zero attached hydrogens (tertiary/aromatic N) is 6. The topological polar surface area (TPSA) is 106 Å². The van der Waals surface area contributed by atoms with Crippen molar-refractivity contribution in [2.75, 3.05) is 12.3 Å². The molecule has 0 unspecified atom stereocenters. The molecule has 34 heavy (non-hydrogen) atoms. The first-order chi connectivity index (χ1) is 16.4. The number of hydrogen-bond donors (Lipinski definition) is 1. The maximum absolute atomic E-state index is 14.4. The van der Waals surface area contributed by atoms with E-state index in [-0.39, 0.29) is 11.6 Å². The van der Waals surface area contributed by atoms with Gasteiger partial charge in [-0.1, -0.05) is 6.07 Å². The van der Waals surface area contributed by atoms with Gasteiger partial charge in [0.25, 0.3) is 0 Å². The second kappa shape index (κ2) is 9.05. The van der Waals surface area contributed by atoms with Crippen molar-refractivity contribution in [2.45, 2.75) is 32.4 Å². The van der Waals surface area contributed by atoms with Gasteiger partial charge in [0.15, 0.2) is 11.6 Å². The van der Waals surface area contributed by atoms with Gasteiger partial charge in [0.1, 0.15) is 17.6 Å². The predicted molar refractivity (Wildman–Crippen MR) is 127 cm³/mol. The van der Waals surface area contributed by atoms with Gasteiger partial charge in [-0.25, -0.2) is 14.1 Å². The second-order valence-corrected chi connectivity index (χ2v) is 9.00. The molecule has 0 amide bonds. The van der Waals surface area contributed by atoms with Crippen molar-refractivity contribution < 1.29 is 13.9 Å². The molecule has 9 nitrogen and oxygen atoms in total. The largest absolute Gasteiger partial charge is 0.482 e. The Bertz CT molecular complexity index is 1330. The maximum Gasteiger partial charge on any atom is 0.211 e. The molecule has 176 valence electrons. The lowest BCUT2D eigenvalue weighted by Gasteiger charge is -2.19. The summed E-state index contributed by atoms with van der Waals surface area (Å²) in [4.78, 5) is 5.59. The van der Waals surface area contributed by atoms with E-state index in [0.29, 0.717) is 35.7 Å². The minimum atomic E-state index is -0.461. The first-order valence-corrected chi connectivity index (χ1v) is 11.6. The number of rotatable bonds is 6. The summed E-state index contributed by atoms with van der Waals surface area (Å²) in [5, 5.41) is 13.7. The number of halogens is 2. The lowest BCUT2D eigenvalue weighted by atomic mass is 9.98. The third-order valence-electron chi connectivity index (χ3n) is 5.55. The Hall–Kier alpha value is -3.47. The number of aryl methyl sites for hydroxylation is 2. The fourth-order valence-corrected chi connectivity index (χ4v) is 4.33. The zero-order valence-electron chi connectivity index (χ0n) is 18.7. The normalized spacial score (nSPS) is 13.9. The third-order valence-corrected chi connectivity index (χ3v) is 5.98. The molecule has 1 aliphatic rings. The van der Waals surface area contributed by atoms with Crippen molar-refractivity contribution >= 4 is 21.7 Å². The molecular weight excluding hydrogens is 505 g/mol. The van der Waals surface area contributed by atoms with E-state index in [0.717, 1.165) is 34.6 Å². The molecular formula is C23H23BrFN7O2. The molecule has 11 heteroatoms. The first kappa shape index (κ1) is 22.3. The van der Waals surface area contributed by atoms with E-state index in [1.54, 1.807) is 25.4 Å². The van der Waals surface area contributed by atoms with Crippen LogP contribution in [0.5, 0.6) is 11.6 Å². The molecule has 0 aliphatic carbocycles. The van der Waals surface area contributed by atoms with E-state index in [1.807, 2.05) is 17.7 Å². The fraction of sp³-hybridized carbons (Fsp3) is 0.304. The molecule has 0 bridgehead atoms. The highest BCUT2D eigenvalue weighted by Crippen LogP contribution is 2.35. The molecule has 0 radical (unpaired) electrons. The highest BCUT2D eigenvalue weighted by Gasteiger charge is 2.23. The average molecular weight is 528 g/mol. The Morgan fingerprint density at radius 2 is 2.09 bits per heavy atom. The maximum atomic E-state index is 14.4. The summed E-state index contributed by atoms with van der Waals surface area (Å²) in [5.41, 5.74) is 9.39. The molecule has 0 saturated heterocycles. The van der Waals surface area contributed by atoms with E-state index in [4.69, 9.17) is 15.2 Å². The summed E-state index contributed by atoms with van der Waals surface area (Å²) in [6.07, 6.45) is 2.49. The average Bonchev–Trinajstić information content (AvgIpc) is 3.38. The predicted octanol–water partition coefficient (Wildman–Crippen LogP) is 4.07. The van der Waals surface area contributed by atoms with Crippen LogP contribution >= 0.6 is 15.9 Å². The smallest absolute Gasteiger partial charge is 0.211 e. The molecule has 1 atom stereocenters. The molecule has 4 aromatic rings. The summed E-state index contributed by atoms with van der Waals surface area (Å²) in [5.74, 6) is 1.07. The molecule has 5 rings (SSSR count). The third kappa shape index (κ3) is 4.47. The Morgan fingerprint density at radius 1 is 1.24 bits per heavy atom. The lowest BCUT2D eigenvalue weighted by Crippen LogP contribution is -2.14. The van der Waals surface area contributed by atoms with E-state index in [9.17, 15) is 4.39 Å². The van der Waals surface area contributed by atoms with Crippen molar-refractivity contribution in [3.63, 3.8) is 0 Å². The molecule has 3 aromatic heterocycles. The fourth-order valence-electron chi connectivity index (χ4n) is 4.02. The van der Waals surface area contributed by atoms with Crippen LogP contribution in [0.3, 0.4) is 0 Å². The van der Waals surface area contributed by atoms with Crippen LogP contribution in [0.15, 0.2) is 41.0 Å². The molecule has 0 fully saturated rings. The first-order valence-electron chi connectivity index (χ1n) is 10.8. The monoisotopic (exact) mass is 527 g/mol. The number of anilines is 1. The molecule has 0 saturated carbocycles. The van der Waals surface area contributed by atoms with Gasteiger partial charge in [0, 0.05) is 54.3 Å². The molecule has 4 heterocycles. The number of nitrogens with two attached hydrogens (primary N) is 1. The number of fused-ring (bicyclic) bond motifs is 1. The number of ether oxygens (including phenoxy) is 2. The van der Waals surface area contributed by atoms with E-state index in [1.165, 1.54) is 16.9 Å². The van der Waals surface area contributed by atoms with Crippen LogP contribution in [0.1, 0.15) is 36.4 Å². The van der Waals surface area contributed by atoms with Crippen molar-refractivity contribution in [3.05, 3.63) is 63.8 Å². The molecule has 1 aliphatic heterocycles. The molecule has 1 aromatic carbocycles. The zero-order valence-corrected chi connectivity index (χ0v) is 20.3. The van der Waals surface area contributed by atoms with Gasteiger partial charge >= 0.3 is 0 Å². The van der Waals surface area contributed by atoms with Gasteiger partial charge in [-0.3, -0.25) is 0 Å². The van der Waals surface area contributed by atoms with Crippen molar-refractivity contribution in [1.29, 1.82) is 0 Å². The number of aromatic nitrogens is 6. The molecule has 2 N–H and O–H groups in total. The quantitative estimate of drug-likeness (QED) is 0.402. The number of nitrogen functional groups attached to an aromatic ring is 1. The van der Waals surface area contributed by atoms with Gasteiger partial charge in [-0.2, -0.15) is 20.1 Å². The number of benzene rings is 1. The van der Waals surface area contributed by atoms with Crippen LogP contribution < -0.4 is 15.2 Å². The zero-order chi connectivity index (χ0) is 23.8. The summed E-state index contributed by atoms with van der Waals surface area (Å²) < 4.78 is 28.8. The Balaban J connectivity index is 1.50. The van der Waals surface area contributed by atoms with E-state index >= 15 is 0 Å². The van der Waals surface area contributed by atoms with Gasteiger partial charge in [-0.15, -0.1) is 0 Å². The van der Waals surface area contributed by atoms with Gasteiger partial charge < -0.3 is 15.2 Å². The van der Waals surface area contributed by atoms with Crippen LogP contribution in [0.25, 0.3) is 11.3 Å².